The van der Waals surface area contributed by atoms with Crippen molar-refractivity contribution in [2.45, 2.75) is 79.2 Å². The summed E-state index contributed by atoms with van der Waals surface area (Å²) in [6, 6.07) is 0.392. The van der Waals surface area contributed by atoms with Gasteiger partial charge in [-0.2, -0.15) is 8.42 Å². The highest BCUT2D eigenvalue weighted by Crippen LogP contribution is 2.64. The Morgan fingerprint density at radius 2 is 1.83 bits per heavy atom. The molecule has 0 spiro atoms. The molecular formula is C18H35NO4S. The van der Waals surface area contributed by atoms with Crippen LogP contribution >= 0.6 is 0 Å². The third kappa shape index (κ3) is 5.02. The van der Waals surface area contributed by atoms with E-state index in [0.29, 0.717) is 18.9 Å². The molecule has 142 valence electrons. The zero-order valence-corrected chi connectivity index (χ0v) is 16.7. The Bertz CT molecular complexity index is 531. The predicted octanol–water partition coefficient (Wildman–Crippen LogP) is 3.43. The third-order valence-electron chi connectivity index (χ3n) is 6.01. The number of rotatable bonds is 6. The van der Waals surface area contributed by atoms with Crippen LogP contribution in [0.5, 0.6) is 0 Å². The summed E-state index contributed by atoms with van der Waals surface area (Å²) in [5, 5.41) is 0. The van der Waals surface area contributed by atoms with Gasteiger partial charge in [-0.05, 0) is 43.4 Å². The van der Waals surface area contributed by atoms with Crippen LogP contribution in [0.2, 0.25) is 0 Å². The Balaban J connectivity index is 0.000000277. The molecule has 0 aromatic rings. The van der Waals surface area contributed by atoms with Crippen LogP contribution < -0.4 is 5.73 Å². The van der Waals surface area contributed by atoms with Crippen LogP contribution in [-0.4, -0.2) is 30.5 Å². The number of carbonyl (C=O) groups excluding carboxylic acids is 1. The summed E-state index contributed by atoms with van der Waals surface area (Å²) in [7, 11) is -4.08. The summed E-state index contributed by atoms with van der Waals surface area (Å²) in [6.07, 6.45) is 5.76. The number of Topliss-reactive ketones (excluding diaryl/α,β-unsaturated/α-hetero) is 1. The Morgan fingerprint density at radius 1 is 1.25 bits per heavy atom. The quantitative estimate of drug-likeness (QED) is 0.706. The zero-order chi connectivity index (χ0) is 18.8. The molecule has 24 heavy (non-hydrogen) atoms. The monoisotopic (exact) mass is 361 g/mol. The number of carbonyl (C=O) groups is 1. The highest BCUT2D eigenvalue weighted by Gasteiger charge is 2.65. The van der Waals surface area contributed by atoms with E-state index in [1.807, 2.05) is 13.8 Å². The minimum Gasteiger partial charge on any atom is -0.328 e. The summed E-state index contributed by atoms with van der Waals surface area (Å²) in [5.74, 6) is 0.736. The van der Waals surface area contributed by atoms with Crippen molar-refractivity contribution in [2.75, 3.05) is 5.75 Å². The Labute approximate surface area is 147 Å². The number of nitrogens with two attached hydrogens (primary N) is 1. The minimum atomic E-state index is -4.08. The van der Waals surface area contributed by atoms with Gasteiger partial charge in [-0.15, -0.1) is 0 Å². The molecule has 2 bridgehead atoms. The first kappa shape index (κ1) is 21.6. The highest BCUT2D eigenvalue weighted by molar-refractivity contribution is 7.85. The molecule has 0 aromatic heterocycles. The fourth-order valence-electron chi connectivity index (χ4n) is 4.27. The minimum absolute atomic E-state index is 0.0152. The van der Waals surface area contributed by atoms with Crippen LogP contribution in [0.15, 0.2) is 0 Å². The van der Waals surface area contributed by atoms with Crippen molar-refractivity contribution in [3.05, 3.63) is 0 Å². The van der Waals surface area contributed by atoms with Gasteiger partial charge in [0.05, 0.1) is 11.2 Å². The number of fused-ring (bicyclic) bond motifs is 2. The number of ketones is 1. The maximum Gasteiger partial charge on any atom is 0.265 e. The fraction of sp³-hybridized carbons (Fsp3) is 0.944. The second-order valence-electron chi connectivity index (χ2n) is 8.69. The first-order valence-corrected chi connectivity index (χ1v) is 10.7. The van der Waals surface area contributed by atoms with Crippen LogP contribution in [-0.2, 0) is 14.9 Å². The van der Waals surface area contributed by atoms with Crippen molar-refractivity contribution in [3.8, 4) is 0 Å². The first-order chi connectivity index (χ1) is 10.8. The van der Waals surface area contributed by atoms with Crippen molar-refractivity contribution in [3.63, 3.8) is 0 Å². The van der Waals surface area contributed by atoms with Gasteiger partial charge < -0.3 is 5.73 Å². The molecule has 0 aromatic carbocycles. The normalized spacial score (nSPS) is 29.5. The number of hydrogen-bond acceptors (Lipinski definition) is 4. The molecule has 2 aliphatic carbocycles. The molecule has 0 saturated heterocycles. The first-order valence-electron chi connectivity index (χ1n) is 9.06. The van der Waals surface area contributed by atoms with Crippen molar-refractivity contribution in [1.29, 1.82) is 0 Å². The standard InChI is InChI=1S/C10H16O4S.C8H19N/c1-9(2)7-3-4-10(9,8(11)5-7)6-15(12,13)14;1-7(2)5-4-6-8(3)9/h7H,3-6H2,1-2H3,(H,12,13,14);7-8H,4-6,9H2,1-3H3/t7-,10-;/m1./s1. The van der Waals surface area contributed by atoms with Gasteiger partial charge in [0.25, 0.3) is 10.1 Å². The van der Waals surface area contributed by atoms with E-state index in [1.54, 1.807) is 0 Å². The second kappa shape index (κ2) is 7.83. The van der Waals surface area contributed by atoms with E-state index in [1.165, 1.54) is 19.3 Å². The maximum atomic E-state index is 11.9. The highest BCUT2D eigenvalue weighted by atomic mass is 32.2. The number of hydrogen-bond donors (Lipinski definition) is 2. The van der Waals surface area contributed by atoms with Gasteiger partial charge in [-0.25, -0.2) is 0 Å². The van der Waals surface area contributed by atoms with Gasteiger partial charge in [0.2, 0.25) is 0 Å². The Kier molecular flexibility index (Phi) is 7.04. The largest absolute Gasteiger partial charge is 0.328 e. The summed E-state index contributed by atoms with van der Waals surface area (Å²) in [4.78, 5) is 11.9. The van der Waals surface area contributed by atoms with Gasteiger partial charge in [0.1, 0.15) is 5.78 Å². The fourth-order valence-corrected chi connectivity index (χ4v) is 5.57. The van der Waals surface area contributed by atoms with E-state index in [4.69, 9.17) is 10.3 Å². The van der Waals surface area contributed by atoms with Crippen molar-refractivity contribution in [1.82, 2.24) is 0 Å². The molecule has 0 heterocycles. The molecule has 1 unspecified atom stereocenters. The van der Waals surface area contributed by atoms with Gasteiger partial charge in [0.15, 0.2) is 0 Å². The van der Waals surface area contributed by atoms with Crippen molar-refractivity contribution >= 4 is 15.9 Å². The third-order valence-corrected chi connectivity index (χ3v) is 6.87. The molecule has 3 atom stereocenters. The molecule has 3 N–H and O–H groups in total. The maximum absolute atomic E-state index is 11.9. The average Bonchev–Trinajstić information content (AvgIpc) is 2.70. The van der Waals surface area contributed by atoms with Gasteiger partial charge >= 0.3 is 0 Å². The molecule has 2 aliphatic rings. The lowest BCUT2D eigenvalue weighted by atomic mass is 9.70. The van der Waals surface area contributed by atoms with Gasteiger partial charge in [-0.1, -0.05) is 40.5 Å². The molecule has 0 radical (unpaired) electrons. The average molecular weight is 362 g/mol. The van der Waals surface area contributed by atoms with Gasteiger partial charge in [0, 0.05) is 12.5 Å². The van der Waals surface area contributed by atoms with Crippen LogP contribution in [0.3, 0.4) is 0 Å². The second-order valence-corrected chi connectivity index (χ2v) is 10.1. The molecule has 6 heteroatoms. The summed E-state index contributed by atoms with van der Waals surface area (Å²) < 4.78 is 31.0. The lowest BCUT2D eigenvalue weighted by Gasteiger charge is -2.35. The van der Waals surface area contributed by atoms with Crippen LogP contribution in [0.4, 0.5) is 0 Å². The summed E-state index contributed by atoms with van der Waals surface area (Å²) in [5.41, 5.74) is 4.46. The van der Waals surface area contributed by atoms with E-state index >= 15 is 0 Å². The van der Waals surface area contributed by atoms with E-state index in [0.717, 1.165) is 12.3 Å². The van der Waals surface area contributed by atoms with E-state index < -0.39 is 21.3 Å². The van der Waals surface area contributed by atoms with Crippen LogP contribution in [0.25, 0.3) is 0 Å². The Morgan fingerprint density at radius 3 is 2.17 bits per heavy atom. The SMILES string of the molecule is CC(C)CCCC(C)N.CC1(C)[C@@H]2CC[C@@]1(CS(=O)(=O)O)C(=O)C2. The lowest BCUT2D eigenvalue weighted by Crippen LogP contribution is -2.42. The molecule has 5 nitrogen and oxygen atoms in total. The lowest BCUT2D eigenvalue weighted by molar-refractivity contribution is -0.128. The summed E-state index contributed by atoms with van der Waals surface area (Å²) in [6.45, 7) is 10.5. The predicted molar refractivity (Wildman–Crippen MR) is 97.3 cm³/mol. The summed E-state index contributed by atoms with van der Waals surface area (Å²) >= 11 is 0. The molecule has 2 rings (SSSR count). The van der Waals surface area contributed by atoms with E-state index in [-0.39, 0.29) is 17.1 Å². The van der Waals surface area contributed by atoms with Crippen molar-refractivity contribution in [2.24, 2.45) is 28.4 Å². The van der Waals surface area contributed by atoms with E-state index in [9.17, 15) is 13.2 Å². The van der Waals surface area contributed by atoms with E-state index in [2.05, 4.69) is 20.8 Å². The van der Waals surface area contributed by atoms with Crippen LogP contribution in [0.1, 0.15) is 73.1 Å². The van der Waals surface area contributed by atoms with Gasteiger partial charge in [-0.3, -0.25) is 9.35 Å². The smallest absolute Gasteiger partial charge is 0.265 e. The zero-order valence-electron chi connectivity index (χ0n) is 15.8. The molecule has 2 fully saturated rings. The molecule has 2 saturated carbocycles. The topological polar surface area (TPSA) is 97.5 Å². The molecule has 0 amide bonds. The molecule has 0 aliphatic heterocycles. The van der Waals surface area contributed by atoms with Crippen molar-refractivity contribution < 1.29 is 17.8 Å². The van der Waals surface area contributed by atoms with Crippen LogP contribution in [0, 0.1) is 22.7 Å². The Hall–Kier alpha value is -0.460. The molecular weight excluding hydrogens is 326 g/mol.